The summed E-state index contributed by atoms with van der Waals surface area (Å²) in [6.45, 7) is -0.0466. The third-order valence-electron chi connectivity index (χ3n) is 2.70. The third-order valence-corrected chi connectivity index (χ3v) is 3.55. The van der Waals surface area contributed by atoms with Gasteiger partial charge in [0.05, 0.1) is 30.4 Å². The Labute approximate surface area is 124 Å². The molecule has 2 heterocycles. The molecule has 0 radical (unpaired) electrons. The van der Waals surface area contributed by atoms with Crippen molar-refractivity contribution in [2.75, 3.05) is 5.43 Å². The minimum Gasteiger partial charge on any atom is -0.444 e. The van der Waals surface area contributed by atoms with E-state index in [0.717, 1.165) is 22.7 Å². The Kier molecular flexibility index (Phi) is 4.04. The number of benzene rings is 1. The molecule has 2 N–H and O–H groups in total. The number of anilines is 1. The van der Waals surface area contributed by atoms with Gasteiger partial charge < -0.3 is 9.52 Å². The van der Waals surface area contributed by atoms with Gasteiger partial charge in [-0.15, -0.1) is 11.3 Å². The van der Waals surface area contributed by atoms with Crippen LogP contribution in [0, 0.1) is 0 Å². The molecule has 0 saturated carbocycles. The second-order valence-electron chi connectivity index (χ2n) is 4.14. The summed E-state index contributed by atoms with van der Waals surface area (Å²) in [5, 5.41) is 15.5. The molecule has 3 rings (SSSR count). The minimum atomic E-state index is -0.0466. The van der Waals surface area contributed by atoms with Crippen LogP contribution in [0.25, 0.3) is 11.3 Å². The molecule has 0 fully saturated rings. The van der Waals surface area contributed by atoms with Crippen LogP contribution in [0.4, 0.5) is 5.69 Å². The number of thiazole rings is 1. The van der Waals surface area contributed by atoms with Crippen molar-refractivity contribution in [2.24, 2.45) is 5.10 Å². The van der Waals surface area contributed by atoms with E-state index >= 15 is 0 Å². The predicted molar refractivity (Wildman–Crippen MR) is 81.2 cm³/mol. The first-order chi connectivity index (χ1) is 10.3. The molecule has 2 aromatic heterocycles. The normalized spacial score (nSPS) is 11.1. The average molecular weight is 300 g/mol. The molecule has 6 nitrogen and oxygen atoms in total. The first-order valence-corrected chi connectivity index (χ1v) is 7.06. The summed E-state index contributed by atoms with van der Waals surface area (Å²) in [5.74, 6) is 0.726. The van der Waals surface area contributed by atoms with Crippen LogP contribution in [-0.4, -0.2) is 21.3 Å². The smallest absolute Gasteiger partial charge is 0.181 e. The van der Waals surface area contributed by atoms with E-state index in [4.69, 9.17) is 9.52 Å². The van der Waals surface area contributed by atoms with E-state index in [1.54, 1.807) is 12.4 Å². The lowest BCUT2D eigenvalue weighted by atomic mass is 10.2. The highest BCUT2D eigenvalue weighted by molar-refractivity contribution is 7.09. The summed E-state index contributed by atoms with van der Waals surface area (Å²) >= 11 is 1.40. The van der Waals surface area contributed by atoms with Gasteiger partial charge in [-0.05, 0) is 24.3 Å². The number of oxazole rings is 1. The minimum absolute atomic E-state index is 0.0466. The molecule has 0 aliphatic heterocycles. The van der Waals surface area contributed by atoms with Crippen molar-refractivity contribution in [3.8, 4) is 11.3 Å². The first kappa shape index (κ1) is 13.5. The Hall–Kier alpha value is -2.51. The van der Waals surface area contributed by atoms with Gasteiger partial charge in [0.15, 0.2) is 12.2 Å². The number of nitrogens with one attached hydrogen (secondary N) is 1. The van der Waals surface area contributed by atoms with Gasteiger partial charge in [-0.25, -0.2) is 9.97 Å². The summed E-state index contributed by atoms with van der Waals surface area (Å²) in [5.41, 5.74) is 5.44. The number of nitrogens with zero attached hydrogens (tertiary/aromatic N) is 3. The highest BCUT2D eigenvalue weighted by Gasteiger charge is 2.01. The topological polar surface area (TPSA) is 83.5 Å². The Morgan fingerprint density at radius 3 is 2.86 bits per heavy atom. The van der Waals surface area contributed by atoms with Crippen molar-refractivity contribution in [3.05, 3.63) is 52.9 Å². The lowest BCUT2D eigenvalue weighted by Gasteiger charge is -2.00. The number of hydrogen-bond acceptors (Lipinski definition) is 7. The first-order valence-electron chi connectivity index (χ1n) is 6.18. The van der Waals surface area contributed by atoms with Crippen LogP contribution in [0.5, 0.6) is 0 Å². The van der Waals surface area contributed by atoms with E-state index in [2.05, 4.69) is 20.5 Å². The molecule has 0 amide bonds. The van der Waals surface area contributed by atoms with E-state index in [1.165, 1.54) is 17.7 Å². The van der Waals surface area contributed by atoms with E-state index in [1.807, 2.05) is 29.6 Å². The number of rotatable bonds is 5. The van der Waals surface area contributed by atoms with Gasteiger partial charge in [0.25, 0.3) is 0 Å². The zero-order valence-electron chi connectivity index (χ0n) is 10.9. The average Bonchev–Trinajstić information content (AvgIpc) is 3.19. The monoisotopic (exact) mass is 300 g/mol. The van der Waals surface area contributed by atoms with Gasteiger partial charge in [0.1, 0.15) is 5.01 Å². The summed E-state index contributed by atoms with van der Waals surface area (Å²) in [4.78, 5) is 8.05. The molecular formula is C14H12N4O2S. The van der Waals surface area contributed by atoms with E-state index in [-0.39, 0.29) is 6.61 Å². The zero-order chi connectivity index (χ0) is 14.5. The summed E-state index contributed by atoms with van der Waals surface area (Å²) in [7, 11) is 0. The molecule has 0 saturated heterocycles. The highest BCUT2D eigenvalue weighted by Crippen LogP contribution is 2.20. The summed E-state index contributed by atoms with van der Waals surface area (Å²) in [6.07, 6.45) is 4.68. The molecule has 0 atom stereocenters. The third kappa shape index (κ3) is 3.33. The fourth-order valence-electron chi connectivity index (χ4n) is 1.70. The van der Waals surface area contributed by atoms with E-state index < -0.39 is 0 Å². The van der Waals surface area contributed by atoms with Crippen LogP contribution in [0.15, 0.2) is 51.8 Å². The SMILES string of the molecule is OCc1nc(C=NNc2ccc(-c3cnco3)cc2)cs1. The molecule has 0 spiro atoms. The molecular weight excluding hydrogens is 288 g/mol. The van der Waals surface area contributed by atoms with Crippen molar-refractivity contribution in [1.29, 1.82) is 0 Å². The van der Waals surface area contributed by atoms with E-state index in [0.29, 0.717) is 5.01 Å². The van der Waals surface area contributed by atoms with Crippen molar-refractivity contribution < 1.29 is 9.52 Å². The zero-order valence-corrected chi connectivity index (χ0v) is 11.7. The largest absolute Gasteiger partial charge is 0.444 e. The maximum absolute atomic E-state index is 8.93. The van der Waals surface area contributed by atoms with E-state index in [9.17, 15) is 0 Å². The number of hydrazone groups is 1. The van der Waals surface area contributed by atoms with Crippen LogP contribution in [-0.2, 0) is 6.61 Å². The quantitative estimate of drug-likeness (QED) is 0.559. The maximum atomic E-state index is 8.93. The molecule has 0 unspecified atom stereocenters. The lowest BCUT2D eigenvalue weighted by Crippen LogP contribution is -1.91. The number of aliphatic hydroxyl groups excluding tert-OH is 1. The van der Waals surface area contributed by atoms with Gasteiger partial charge in [0, 0.05) is 10.9 Å². The Bertz CT molecular complexity index is 720. The second kappa shape index (κ2) is 6.29. The maximum Gasteiger partial charge on any atom is 0.181 e. The molecule has 0 bridgehead atoms. The summed E-state index contributed by atoms with van der Waals surface area (Å²) in [6, 6.07) is 7.64. The van der Waals surface area contributed by atoms with Crippen molar-refractivity contribution in [2.45, 2.75) is 6.61 Å². The lowest BCUT2D eigenvalue weighted by molar-refractivity contribution is 0.281. The number of aromatic nitrogens is 2. The van der Waals surface area contributed by atoms with Crippen LogP contribution in [0.2, 0.25) is 0 Å². The van der Waals surface area contributed by atoms with Gasteiger partial charge in [-0.3, -0.25) is 5.43 Å². The van der Waals surface area contributed by atoms with Crippen LogP contribution < -0.4 is 5.43 Å². The van der Waals surface area contributed by atoms with Gasteiger partial charge in [-0.1, -0.05) is 0 Å². The fourth-order valence-corrected chi connectivity index (χ4v) is 2.30. The Morgan fingerprint density at radius 2 is 2.19 bits per heavy atom. The van der Waals surface area contributed by atoms with Crippen molar-refractivity contribution in [1.82, 2.24) is 9.97 Å². The Balaban J connectivity index is 1.63. The molecule has 21 heavy (non-hydrogen) atoms. The molecule has 7 heteroatoms. The Morgan fingerprint density at radius 1 is 1.33 bits per heavy atom. The predicted octanol–water partition coefficient (Wildman–Crippen LogP) is 2.74. The number of aliphatic hydroxyl groups is 1. The van der Waals surface area contributed by atoms with Gasteiger partial charge in [-0.2, -0.15) is 5.10 Å². The van der Waals surface area contributed by atoms with Crippen LogP contribution >= 0.6 is 11.3 Å². The van der Waals surface area contributed by atoms with Gasteiger partial charge in [0.2, 0.25) is 0 Å². The number of hydrogen-bond donors (Lipinski definition) is 2. The van der Waals surface area contributed by atoms with Crippen molar-refractivity contribution >= 4 is 23.2 Å². The standard InChI is InChI=1S/C14H12N4O2S/c19-7-14-17-12(8-21-14)5-16-18-11-3-1-10(2-4-11)13-6-15-9-20-13/h1-6,8-9,18-19H,7H2. The fraction of sp³-hybridized carbons (Fsp3) is 0.0714. The molecule has 1 aromatic carbocycles. The van der Waals surface area contributed by atoms with Crippen LogP contribution in [0.1, 0.15) is 10.7 Å². The molecule has 106 valence electrons. The summed E-state index contributed by atoms with van der Waals surface area (Å²) < 4.78 is 5.22. The highest BCUT2D eigenvalue weighted by atomic mass is 32.1. The molecule has 0 aliphatic carbocycles. The van der Waals surface area contributed by atoms with Crippen molar-refractivity contribution in [3.63, 3.8) is 0 Å². The van der Waals surface area contributed by atoms with Crippen LogP contribution in [0.3, 0.4) is 0 Å². The second-order valence-corrected chi connectivity index (χ2v) is 5.08. The molecule has 0 aliphatic rings. The molecule has 3 aromatic rings. The van der Waals surface area contributed by atoms with Gasteiger partial charge >= 0.3 is 0 Å².